The maximum absolute atomic E-state index is 12.5. The third-order valence-electron chi connectivity index (χ3n) is 4.50. The van der Waals surface area contributed by atoms with Gasteiger partial charge in [0.05, 0.1) is 6.04 Å². The summed E-state index contributed by atoms with van der Waals surface area (Å²) in [5, 5.41) is 13.8. The van der Waals surface area contributed by atoms with Gasteiger partial charge in [-0.05, 0) is 68.1 Å². The summed E-state index contributed by atoms with van der Waals surface area (Å²) in [5.41, 5.74) is 10.6. The van der Waals surface area contributed by atoms with Crippen molar-refractivity contribution >= 4 is 23.2 Å². The van der Waals surface area contributed by atoms with E-state index in [4.69, 9.17) is 11.6 Å². The topological polar surface area (TPSA) is 73.4 Å². The number of hydrazine groups is 1. The van der Waals surface area contributed by atoms with Crippen LogP contribution in [-0.2, 0) is 4.79 Å². The first-order chi connectivity index (χ1) is 11.8. The molecule has 3 rings (SSSR count). The first-order valence-electron chi connectivity index (χ1n) is 8.23. The number of halogens is 1. The van der Waals surface area contributed by atoms with Crippen molar-refractivity contribution in [2.75, 3.05) is 5.32 Å². The second-order valence-corrected chi connectivity index (χ2v) is 7.00. The first-order valence-corrected chi connectivity index (χ1v) is 8.61. The molecule has 0 bridgehead atoms. The number of phenolic OH excluding ortho intramolecular Hbond substituents is 1. The summed E-state index contributed by atoms with van der Waals surface area (Å²) >= 11 is 6.01. The van der Waals surface area contributed by atoms with E-state index in [1.54, 1.807) is 18.2 Å². The fourth-order valence-electron chi connectivity index (χ4n) is 3.28. The summed E-state index contributed by atoms with van der Waals surface area (Å²) in [7, 11) is 0. The average molecular weight is 360 g/mol. The summed E-state index contributed by atoms with van der Waals surface area (Å²) in [6, 6.07) is 8.65. The van der Waals surface area contributed by atoms with Gasteiger partial charge >= 0.3 is 0 Å². The number of phenols is 1. The molecule has 2 unspecified atom stereocenters. The molecule has 6 heteroatoms. The molecule has 2 aromatic carbocycles. The number of aromatic hydroxyl groups is 1. The Bertz CT molecular complexity index is 799. The summed E-state index contributed by atoms with van der Waals surface area (Å²) in [4.78, 5) is 12.5. The molecule has 1 amide bonds. The van der Waals surface area contributed by atoms with E-state index in [1.807, 2.05) is 32.9 Å². The fraction of sp³-hybridized carbons (Fsp3) is 0.316. The number of hydrogen-bond acceptors (Lipinski definition) is 4. The van der Waals surface area contributed by atoms with E-state index in [2.05, 4.69) is 16.2 Å². The molecule has 1 saturated heterocycles. The van der Waals surface area contributed by atoms with Gasteiger partial charge in [0.15, 0.2) is 0 Å². The van der Waals surface area contributed by atoms with Gasteiger partial charge in [0.1, 0.15) is 11.8 Å². The largest absolute Gasteiger partial charge is 0.508 e. The molecule has 2 aromatic rings. The van der Waals surface area contributed by atoms with Crippen LogP contribution in [0.3, 0.4) is 0 Å². The summed E-state index contributed by atoms with van der Waals surface area (Å²) < 4.78 is 0. The van der Waals surface area contributed by atoms with Crippen molar-refractivity contribution in [1.82, 2.24) is 10.9 Å². The number of amides is 1. The zero-order valence-corrected chi connectivity index (χ0v) is 15.2. The third kappa shape index (κ3) is 3.79. The quantitative estimate of drug-likeness (QED) is 0.676. The molecule has 5 nitrogen and oxygen atoms in total. The van der Waals surface area contributed by atoms with Crippen LogP contribution in [0.4, 0.5) is 5.69 Å². The van der Waals surface area contributed by atoms with E-state index in [1.165, 1.54) is 0 Å². The Morgan fingerprint density at radius 1 is 1.16 bits per heavy atom. The van der Waals surface area contributed by atoms with Gasteiger partial charge in [0.2, 0.25) is 5.91 Å². The summed E-state index contributed by atoms with van der Waals surface area (Å²) in [5.74, 6) is 0.132. The monoisotopic (exact) mass is 359 g/mol. The highest BCUT2D eigenvalue weighted by Crippen LogP contribution is 2.33. The fourth-order valence-corrected chi connectivity index (χ4v) is 3.40. The zero-order chi connectivity index (χ0) is 18.1. The SMILES string of the molecule is Cc1cc(C)c(C2CC(C(=O)Nc3ccc(Cl)c(C)c3)NN2)c(O)c1. The molecule has 0 aliphatic carbocycles. The molecule has 2 atom stereocenters. The van der Waals surface area contributed by atoms with Crippen LogP contribution in [0, 0.1) is 20.8 Å². The summed E-state index contributed by atoms with van der Waals surface area (Å²) in [6.45, 7) is 5.81. The Morgan fingerprint density at radius 2 is 1.92 bits per heavy atom. The van der Waals surface area contributed by atoms with E-state index in [0.717, 1.165) is 22.3 Å². The number of rotatable bonds is 3. The van der Waals surface area contributed by atoms with Gasteiger partial charge in [-0.1, -0.05) is 17.7 Å². The van der Waals surface area contributed by atoms with Gasteiger partial charge < -0.3 is 10.4 Å². The van der Waals surface area contributed by atoms with E-state index in [0.29, 0.717) is 17.1 Å². The molecule has 0 radical (unpaired) electrons. The van der Waals surface area contributed by atoms with Crippen molar-refractivity contribution in [3.05, 3.63) is 57.6 Å². The molecular formula is C19H22ClN3O2. The second kappa shape index (κ2) is 7.04. The van der Waals surface area contributed by atoms with Crippen LogP contribution in [-0.4, -0.2) is 17.1 Å². The van der Waals surface area contributed by atoms with Crippen molar-refractivity contribution in [1.29, 1.82) is 0 Å². The average Bonchev–Trinajstić information content (AvgIpc) is 2.99. The number of nitrogens with one attached hydrogen (secondary N) is 3. The minimum atomic E-state index is -0.388. The first kappa shape index (κ1) is 17.7. The van der Waals surface area contributed by atoms with E-state index in [9.17, 15) is 9.90 Å². The Morgan fingerprint density at radius 3 is 2.60 bits per heavy atom. The van der Waals surface area contributed by atoms with Crippen molar-refractivity contribution < 1.29 is 9.90 Å². The zero-order valence-electron chi connectivity index (χ0n) is 14.5. The predicted molar refractivity (Wildman–Crippen MR) is 99.8 cm³/mol. The number of hydrogen-bond donors (Lipinski definition) is 4. The summed E-state index contributed by atoms with van der Waals surface area (Å²) in [6.07, 6.45) is 0.551. The van der Waals surface area contributed by atoms with Gasteiger partial charge in [-0.15, -0.1) is 0 Å². The molecule has 0 aromatic heterocycles. The van der Waals surface area contributed by atoms with Gasteiger partial charge in [-0.2, -0.15) is 0 Å². The lowest BCUT2D eigenvalue weighted by Crippen LogP contribution is -2.39. The maximum Gasteiger partial charge on any atom is 0.242 e. The molecule has 4 N–H and O–H groups in total. The highest BCUT2D eigenvalue weighted by molar-refractivity contribution is 6.31. The standard InChI is InChI=1S/C19H22ClN3O2/c1-10-6-12(3)18(17(24)7-10)15-9-16(23-22-15)19(25)21-13-4-5-14(20)11(2)8-13/h4-8,15-16,22-24H,9H2,1-3H3,(H,21,25). The van der Waals surface area contributed by atoms with E-state index < -0.39 is 0 Å². The number of anilines is 1. The lowest BCUT2D eigenvalue weighted by molar-refractivity contribution is -0.117. The predicted octanol–water partition coefficient (Wildman–Crippen LogP) is 3.52. The van der Waals surface area contributed by atoms with E-state index >= 15 is 0 Å². The molecule has 1 heterocycles. The van der Waals surface area contributed by atoms with Crippen LogP contribution in [0.2, 0.25) is 5.02 Å². The Hall–Kier alpha value is -2.08. The lowest BCUT2D eigenvalue weighted by Gasteiger charge is -2.16. The maximum atomic E-state index is 12.5. The Balaban J connectivity index is 1.70. The number of carbonyl (C=O) groups excluding carboxylic acids is 1. The molecule has 132 valence electrons. The van der Waals surface area contributed by atoms with Crippen LogP contribution in [0.25, 0.3) is 0 Å². The van der Waals surface area contributed by atoms with Crippen molar-refractivity contribution in [3.63, 3.8) is 0 Å². The third-order valence-corrected chi connectivity index (χ3v) is 4.93. The molecule has 1 fully saturated rings. The van der Waals surface area contributed by atoms with E-state index in [-0.39, 0.29) is 23.7 Å². The second-order valence-electron chi connectivity index (χ2n) is 6.60. The molecular weight excluding hydrogens is 338 g/mol. The molecule has 1 aliphatic rings. The highest BCUT2D eigenvalue weighted by atomic mass is 35.5. The van der Waals surface area contributed by atoms with Gasteiger partial charge in [-0.3, -0.25) is 4.79 Å². The smallest absolute Gasteiger partial charge is 0.242 e. The molecule has 0 saturated carbocycles. The highest BCUT2D eigenvalue weighted by Gasteiger charge is 2.32. The minimum Gasteiger partial charge on any atom is -0.508 e. The molecule has 1 aliphatic heterocycles. The Labute approximate surface area is 152 Å². The van der Waals surface area contributed by atoms with Crippen molar-refractivity contribution in [2.24, 2.45) is 0 Å². The van der Waals surface area contributed by atoms with Crippen LogP contribution >= 0.6 is 11.6 Å². The van der Waals surface area contributed by atoms with Gasteiger partial charge in [0.25, 0.3) is 0 Å². The van der Waals surface area contributed by atoms with Crippen LogP contribution in [0.15, 0.2) is 30.3 Å². The van der Waals surface area contributed by atoms with Crippen molar-refractivity contribution in [3.8, 4) is 5.75 Å². The minimum absolute atomic E-state index is 0.122. The van der Waals surface area contributed by atoms with Crippen LogP contribution in [0.1, 0.15) is 34.7 Å². The number of benzene rings is 2. The van der Waals surface area contributed by atoms with Crippen molar-refractivity contribution in [2.45, 2.75) is 39.3 Å². The number of carbonyl (C=O) groups is 1. The van der Waals surface area contributed by atoms with Gasteiger partial charge in [0, 0.05) is 16.3 Å². The molecule has 25 heavy (non-hydrogen) atoms. The lowest BCUT2D eigenvalue weighted by atomic mass is 9.95. The Kier molecular flexibility index (Phi) is 4.99. The van der Waals surface area contributed by atoms with Crippen LogP contribution < -0.4 is 16.2 Å². The normalized spacial score (nSPS) is 19.8. The van der Waals surface area contributed by atoms with Crippen LogP contribution in [0.5, 0.6) is 5.75 Å². The van der Waals surface area contributed by atoms with Gasteiger partial charge in [-0.25, -0.2) is 10.9 Å². The molecule has 0 spiro atoms. The number of aryl methyl sites for hydroxylation is 3.